The van der Waals surface area contributed by atoms with Crippen molar-refractivity contribution < 1.29 is 81.4 Å². The van der Waals surface area contributed by atoms with Crippen LogP contribution < -0.4 is 29.6 Å². The van der Waals surface area contributed by atoms with Gasteiger partial charge in [0.2, 0.25) is 0 Å². The van der Waals surface area contributed by atoms with Crippen LogP contribution >= 0.6 is 0 Å². The molecule has 0 saturated carbocycles. The number of carbonyl (C=O) groups excluding carboxylic acids is 2. The fourth-order valence-corrected chi connectivity index (χ4v) is 4.24. The number of ether oxygens (including phenoxy) is 2. The normalized spacial score (nSPS) is 12.9. The molecule has 228 valence electrons. The van der Waals surface area contributed by atoms with Gasteiger partial charge < -0.3 is 24.2 Å². The summed E-state index contributed by atoms with van der Waals surface area (Å²) in [5.41, 5.74) is -0.0372. The minimum absolute atomic E-state index is 0. The number of hydrogen-bond acceptors (Lipinski definition) is 9. The van der Waals surface area contributed by atoms with E-state index in [1.54, 1.807) is 0 Å². The van der Waals surface area contributed by atoms with Gasteiger partial charge in [0.25, 0.3) is 0 Å². The third-order valence-corrected chi connectivity index (χ3v) is 7.40. The zero-order valence-electron chi connectivity index (χ0n) is 24.8. The Morgan fingerprint density at radius 1 is 0.829 bits per heavy atom. The van der Waals surface area contributed by atoms with E-state index in [2.05, 4.69) is 13.8 Å². The molecular formula is C28H43NaO11S. The smallest absolute Gasteiger partial charge is 0.747 e. The molecule has 0 fully saturated rings. The molecule has 0 aliphatic heterocycles. The monoisotopic (exact) mass is 610 g/mol. The molecule has 2 N–H and O–H groups in total. The van der Waals surface area contributed by atoms with Crippen molar-refractivity contribution >= 4 is 34.0 Å². The summed E-state index contributed by atoms with van der Waals surface area (Å²) in [4.78, 5) is 44.9. The van der Waals surface area contributed by atoms with E-state index in [1.165, 1.54) is 18.2 Å². The number of aromatic carboxylic acids is 2. The maximum Gasteiger partial charge on any atom is 1.00 e. The number of benzene rings is 1. The summed E-state index contributed by atoms with van der Waals surface area (Å²) in [5.74, 6) is -4.00. The SMILES string of the molecule is CCCCC(CC)COC(=O)CC(C(=O)OCC(CC)CCCC)S(=O)(=O)[O-].O=C(O)c1cccc(C(=O)O)c1.[Na+]. The first-order valence-electron chi connectivity index (χ1n) is 13.6. The third kappa shape index (κ3) is 18.2. The predicted molar refractivity (Wildman–Crippen MR) is 147 cm³/mol. The number of rotatable bonds is 18. The van der Waals surface area contributed by atoms with Crippen molar-refractivity contribution in [2.45, 2.75) is 90.7 Å². The zero-order valence-corrected chi connectivity index (χ0v) is 27.6. The second-order valence-electron chi connectivity index (χ2n) is 9.52. The standard InChI is InChI=1S/C20H38O7S.C8H6O4.Na/c1-5-9-11-16(7-3)14-26-19(21)13-18(28(23,24)25)20(22)27-15-17(8-4)12-10-6-2;9-7(10)5-2-1-3-6(4-5)8(11)12;/h16-18H,5-15H2,1-4H3,(H,23,24,25);1-4H,(H,9,10)(H,11,12);/q;;+1/p-1. The predicted octanol–water partition coefficient (Wildman–Crippen LogP) is 1.90. The molecule has 1 aromatic rings. The van der Waals surface area contributed by atoms with Gasteiger partial charge in [-0.15, -0.1) is 0 Å². The minimum Gasteiger partial charge on any atom is -0.747 e. The summed E-state index contributed by atoms with van der Waals surface area (Å²) >= 11 is 0. The van der Waals surface area contributed by atoms with Gasteiger partial charge in [-0.1, -0.05) is 72.3 Å². The summed E-state index contributed by atoms with van der Waals surface area (Å²) in [5, 5.41) is 14.9. The van der Waals surface area contributed by atoms with Crippen LogP contribution in [0, 0.1) is 11.8 Å². The maximum atomic E-state index is 12.1. The Hall–Kier alpha value is -1.99. The van der Waals surface area contributed by atoms with Crippen LogP contribution in [-0.2, 0) is 29.2 Å². The first-order valence-corrected chi connectivity index (χ1v) is 15.1. The van der Waals surface area contributed by atoms with Gasteiger partial charge in [0.1, 0.15) is 10.1 Å². The fraction of sp³-hybridized carbons (Fsp3) is 0.643. The van der Waals surface area contributed by atoms with Crippen LogP contribution in [0.1, 0.15) is 106 Å². The fourth-order valence-electron chi connectivity index (χ4n) is 3.60. The molecule has 11 nitrogen and oxygen atoms in total. The van der Waals surface area contributed by atoms with Gasteiger partial charge in [-0.2, -0.15) is 0 Å². The van der Waals surface area contributed by atoms with Gasteiger partial charge in [0.15, 0.2) is 5.25 Å². The van der Waals surface area contributed by atoms with Crippen LogP contribution in [0.5, 0.6) is 0 Å². The van der Waals surface area contributed by atoms with Crippen LogP contribution in [0.2, 0.25) is 0 Å². The first-order chi connectivity index (χ1) is 18.8. The number of carboxylic acid groups (broad SMARTS) is 2. The molecule has 0 amide bonds. The summed E-state index contributed by atoms with van der Waals surface area (Å²) < 4.78 is 44.6. The minimum atomic E-state index is -5.01. The zero-order chi connectivity index (χ0) is 30.7. The molecule has 41 heavy (non-hydrogen) atoms. The summed E-state index contributed by atoms with van der Waals surface area (Å²) in [6.07, 6.45) is 6.58. The van der Waals surface area contributed by atoms with Crippen molar-refractivity contribution in [3.63, 3.8) is 0 Å². The van der Waals surface area contributed by atoms with Gasteiger partial charge in [-0.3, -0.25) is 9.59 Å². The van der Waals surface area contributed by atoms with Gasteiger partial charge in [-0.05, 0) is 42.9 Å². The number of hydrogen-bond donors (Lipinski definition) is 2. The topological polar surface area (TPSA) is 184 Å². The van der Waals surface area contributed by atoms with E-state index >= 15 is 0 Å². The van der Waals surface area contributed by atoms with E-state index in [0.29, 0.717) is 0 Å². The molecule has 0 aliphatic rings. The van der Waals surface area contributed by atoms with E-state index in [9.17, 15) is 32.1 Å². The molecule has 3 unspecified atom stereocenters. The van der Waals surface area contributed by atoms with Crippen molar-refractivity contribution in [3.05, 3.63) is 35.4 Å². The van der Waals surface area contributed by atoms with Crippen molar-refractivity contribution in [2.75, 3.05) is 13.2 Å². The van der Waals surface area contributed by atoms with E-state index in [-0.39, 0.29) is 65.7 Å². The van der Waals surface area contributed by atoms with Crippen LogP contribution in [0.3, 0.4) is 0 Å². The van der Waals surface area contributed by atoms with E-state index in [0.717, 1.165) is 57.4 Å². The average Bonchev–Trinajstić information content (AvgIpc) is 2.91. The third-order valence-electron chi connectivity index (χ3n) is 6.35. The number of carbonyl (C=O) groups is 4. The quantitative estimate of drug-likeness (QED) is 0.141. The molecule has 0 spiro atoms. The molecule has 1 aromatic carbocycles. The molecule has 0 bridgehead atoms. The van der Waals surface area contributed by atoms with Gasteiger partial charge in [0, 0.05) is 0 Å². The molecular weight excluding hydrogens is 567 g/mol. The summed E-state index contributed by atoms with van der Waals surface area (Å²) in [7, 11) is -5.01. The van der Waals surface area contributed by atoms with Gasteiger partial charge in [-0.25, -0.2) is 18.0 Å². The molecule has 13 heteroatoms. The molecule has 3 atom stereocenters. The van der Waals surface area contributed by atoms with Gasteiger partial charge in [0.05, 0.1) is 30.8 Å². The molecule has 0 saturated heterocycles. The van der Waals surface area contributed by atoms with Crippen LogP contribution in [0.4, 0.5) is 0 Å². The largest absolute Gasteiger partial charge is 1.00 e. The maximum absolute atomic E-state index is 12.1. The van der Waals surface area contributed by atoms with E-state index < -0.39 is 45.7 Å². The van der Waals surface area contributed by atoms with Crippen LogP contribution in [-0.4, -0.2) is 65.5 Å². The Morgan fingerprint density at radius 2 is 1.27 bits per heavy atom. The first kappa shape index (κ1) is 41.1. The van der Waals surface area contributed by atoms with E-state index in [4.69, 9.17) is 19.7 Å². The molecule has 0 aromatic heterocycles. The number of carboxylic acids is 2. The van der Waals surface area contributed by atoms with Gasteiger partial charge >= 0.3 is 53.4 Å². The molecule has 1 rings (SSSR count). The average molecular weight is 611 g/mol. The summed E-state index contributed by atoms with van der Waals surface area (Å²) in [6, 6.07) is 5.20. The second kappa shape index (κ2) is 22.6. The van der Waals surface area contributed by atoms with E-state index in [1.807, 2.05) is 13.8 Å². The number of esters is 2. The second-order valence-corrected chi connectivity index (χ2v) is 11.1. The van der Waals surface area contributed by atoms with Crippen molar-refractivity contribution in [2.24, 2.45) is 11.8 Å². The Labute approximate surface area is 265 Å². The van der Waals surface area contributed by atoms with Crippen molar-refractivity contribution in [1.29, 1.82) is 0 Å². The molecule has 0 radical (unpaired) electrons. The van der Waals surface area contributed by atoms with Crippen molar-refractivity contribution in [3.8, 4) is 0 Å². The summed E-state index contributed by atoms with van der Waals surface area (Å²) in [6.45, 7) is 8.26. The van der Waals surface area contributed by atoms with Crippen molar-refractivity contribution in [1.82, 2.24) is 0 Å². The Morgan fingerprint density at radius 3 is 1.63 bits per heavy atom. The molecule has 0 aliphatic carbocycles. The molecule has 0 heterocycles. The Kier molecular flexibility index (Phi) is 22.7. The van der Waals surface area contributed by atoms with Crippen LogP contribution in [0.15, 0.2) is 24.3 Å². The Balaban J connectivity index is 0. The van der Waals surface area contributed by atoms with Crippen LogP contribution in [0.25, 0.3) is 0 Å². The number of unbranched alkanes of at least 4 members (excludes halogenated alkanes) is 2. The Bertz CT molecular complexity index is 1010.